The molecule has 0 aliphatic heterocycles. The number of hydrogen-bond acceptors (Lipinski definition) is 10. The Bertz CT molecular complexity index is 1500. The summed E-state index contributed by atoms with van der Waals surface area (Å²) in [6.45, 7) is 3.26. The predicted octanol–water partition coefficient (Wildman–Crippen LogP) is -1.37. The number of hydrogen-bond donors (Lipinski definition) is 10. The molecule has 17 nitrogen and oxygen atoms in total. The Morgan fingerprint density at radius 2 is 1.10 bits per heavy atom. The van der Waals surface area contributed by atoms with Crippen molar-refractivity contribution in [1.82, 2.24) is 21.3 Å². The number of phenolic OH excluding ortho intramolecular Hbond substituents is 2. The van der Waals surface area contributed by atoms with Crippen molar-refractivity contribution in [2.45, 2.75) is 76.2 Å². The predicted molar refractivity (Wildman–Crippen MR) is 172 cm³/mol. The van der Waals surface area contributed by atoms with Crippen LogP contribution in [0.25, 0.3) is 0 Å². The van der Waals surface area contributed by atoms with Gasteiger partial charge in [-0.25, -0.2) is 4.79 Å². The van der Waals surface area contributed by atoms with E-state index in [0.717, 1.165) is 0 Å². The van der Waals surface area contributed by atoms with Crippen LogP contribution in [0.4, 0.5) is 0 Å². The summed E-state index contributed by atoms with van der Waals surface area (Å²) in [7, 11) is 0. The van der Waals surface area contributed by atoms with Crippen LogP contribution in [0.1, 0.15) is 44.2 Å². The van der Waals surface area contributed by atoms with Crippen molar-refractivity contribution in [1.29, 1.82) is 0 Å². The third-order valence-corrected chi connectivity index (χ3v) is 7.56. The van der Waals surface area contributed by atoms with Crippen LogP contribution >= 0.6 is 0 Å². The lowest BCUT2D eigenvalue weighted by Gasteiger charge is -2.28. The van der Waals surface area contributed by atoms with E-state index in [4.69, 9.17) is 11.5 Å². The molecule has 2 aromatic rings. The molecule has 2 aromatic carbocycles. The van der Waals surface area contributed by atoms with E-state index in [1.165, 1.54) is 48.5 Å². The van der Waals surface area contributed by atoms with Crippen molar-refractivity contribution in [2.75, 3.05) is 0 Å². The molecular weight excluding hydrogens is 644 g/mol. The molecule has 0 aromatic heterocycles. The van der Waals surface area contributed by atoms with Crippen molar-refractivity contribution >= 4 is 41.5 Å². The van der Waals surface area contributed by atoms with Gasteiger partial charge in [0.15, 0.2) is 0 Å². The quantitative estimate of drug-likeness (QED) is 0.0819. The zero-order chi connectivity index (χ0) is 36.8. The standard InChI is InChI=1S/C32H42N6O11/c1-3-16(2)27(38-30(46)23(15-26(42)43)35-28(44)21(33)12-17-4-8-19(39)9-5-17)31(47)36-22(14-25(34)41)29(45)37-24(32(48)49)13-18-6-10-20(40)11-7-18/h4-11,16,21-24,27,39-40H,3,12-15,33H2,1-2H3,(H2,34,41)(H,35,44)(H,36,47)(H,37,45)(H,38,46)(H,42,43)(H,48,49)/t16-,21-,22-,23-,24-,27-/m0/s1. The van der Waals surface area contributed by atoms with Crippen LogP contribution in [0, 0.1) is 5.92 Å². The first-order valence-electron chi connectivity index (χ1n) is 15.3. The topological polar surface area (TPSA) is 301 Å². The maximum Gasteiger partial charge on any atom is 0.326 e. The fraction of sp³-hybridized carbons (Fsp3) is 0.406. The van der Waals surface area contributed by atoms with Crippen LogP contribution in [0.15, 0.2) is 48.5 Å². The van der Waals surface area contributed by atoms with Gasteiger partial charge in [0, 0.05) is 6.42 Å². The Morgan fingerprint density at radius 1 is 0.653 bits per heavy atom. The van der Waals surface area contributed by atoms with E-state index in [1.54, 1.807) is 13.8 Å². The van der Waals surface area contributed by atoms with Crippen molar-refractivity contribution in [3.05, 3.63) is 59.7 Å². The molecule has 0 aliphatic rings. The number of amides is 5. The summed E-state index contributed by atoms with van der Waals surface area (Å²) in [5.41, 5.74) is 12.3. The SMILES string of the molecule is CC[C@H](C)[C@H](NC(=O)[C@H](CC(=O)O)NC(=O)[C@@H](N)Cc1ccc(O)cc1)C(=O)N[C@@H](CC(N)=O)C(=O)N[C@@H](Cc1ccc(O)cc1)C(=O)O. The second-order valence-electron chi connectivity index (χ2n) is 11.5. The smallest absolute Gasteiger partial charge is 0.326 e. The van der Waals surface area contributed by atoms with E-state index in [1.807, 2.05) is 0 Å². The van der Waals surface area contributed by atoms with Crippen molar-refractivity contribution in [2.24, 2.45) is 17.4 Å². The van der Waals surface area contributed by atoms with Crippen LogP contribution in [-0.4, -0.2) is 92.1 Å². The summed E-state index contributed by atoms with van der Waals surface area (Å²) >= 11 is 0. The number of carboxylic acid groups (broad SMARTS) is 2. The van der Waals surface area contributed by atoms with Gasteiger partial charge in [0.05, 0.1) is 18.9 Å². The second kappa shape index (κ2) is 18.6. The van der Waals surface area contributed by atoms with E-state index in [9.17, 15) is 54.0 Å². The molecule has 6 atom stereocenters. The maximum absolute atomic E-state index is 13.5. The van der Waals surface area contributed by atoms with Gasteiger partial charge in [0.1, 0.15) is 35.7 Å². The van der Waals surface area contributed by atoms with Gasteiger partial charge in [-0.15, -0.1) is 0 Å². The molecule has 49 heavy (non-hydrogen) atoms. The number of primary amides is 1. The van der Waals surface area contributed by atoms with Gasteiger partial charge in [-0.1, -0.05) is 44.5 Å². The molecule has 0 unspecified atom stereocenters. The molecule has 0 saturated heterocycles. The maximum atomic E-state index is 13.5. The lowest BCUT2D eigenvalue weighted by Crippen LogP contribution is -2.60. The summed E-state index contributed by atoms with van der Waals surface area (Å²) in [6, 6.07) is 3.93. The minimum Gasteiger partial charge on any atom is -0.508 e. The average Bonchev–Trinajstić information content (AvgIpc) is 3.03. The van der Waals surface area contributed by atoms with E-state index >= 15 is 0 Å². The van der Waals surface area contributed by atoms with E-state index in [-0.39, 0.29) is 24.3 Å². The fourth-order valence-corrected chi connectivity index (χ4v) is 4.61. The van der Waals surface area contributed by atoms with Gasteiger partial charge in [-0.2, -0.15) is 0 Å². The van der Waals surface area contributed by atoms with Gasteiger partial charge in [0.2, 0.25) is 29.5 Å². The Kier molecular flexibility index (Phi) is 15.0. The number of phenols is 2. The number of rotatable bonds is 19. The molecule has 0 radical (unpaired) electrons. The van der Waals surface area contributed by atoms with Crippen LogP contribution in [0.3, 0.4) is 0 Å². The molecule has 12 N–H and O–H groups in total. The molecule has 2 rings (SSSR count). The monoisotopic (exact) mass is 686 g/mol. The molecule has 0 bridgehead atoms. The first-order valence-corrected chi connectivity index (χ1v) is 15.3. The Labute approximate surface area is 281 Å². The highest BCUT2D eigenvalue weighted by atomic mass is 16.4. The Morgan fingerprint density at radius 3 is 1.57 bits per heavy atom. The van der Waals surface area contributed by atoms with Crippen LogP contribution in [0.5, 0.6) is 11.5 Å². The number of nitrogens with one attached hydrogen (secondary N) is 4. The van der Waals surface area contributed by atoms with Gasteiger partial charge in [-0.05, 0) is 47.7 Å². The third-order valence-electron chi connectivity index (χ3n) is 7.56. The molecule has 0 aliphatic carbocycles. The first-order chi connectivity index (χ1) is 23.0. The number of benzene rings is 2. The summed E-state index contributed by atoms with van der Waals surface area (Å²) in [4.78, 5) is 88.1. The summed E-state index contributed by atoms with van der Waals surface area (Å²) < 4.78 is 0. The molecule has 17 heteroatoms. The van der Waals surface area contributed by atoms with Crippen LogP contribution < -0.4 is 32.7 Å². The lowest BCUT2D eigenvalue weighted by atomic mass is 9.96. The Hall–Kier alpha value is -5.71. The number of nitrogens with two attached hydrogens (primary N) is 2. The van der Waals surface area contributed by atoms with Crippen molar-refractivity contribution < 1.29 is 54.0 Å². The highest BCUT2D eigenvalue weighted by molar-refractivity contribution is 5.97. The zero-order valence-electron chi connectivity index (χ0n) is 26.9. The van der Waals surface area contributed by atoms with Gasteiger partial charge in [0.25, 0.3) is 0 Å². The van der Waals surface area contributed by atoms with Gasteiger partial charge >= 0.3 is 11.9 Å². The first kappa shape index (κ1) is 39.5. The minimum atomic E-state index is -1.67. The van der Waals surface area contributed by atoms with E-state index in [0.29, 0.717) is 17.5 Å². The molecule has 0 saturated carbocycles. The number of aliphatic carboxylic acids is 2. The Balaban J connectivity index is 2.21. The fourth-order valence-electron chi connectivity index (χ4n) is 4.61. The highest BCUT2D eigenvalue weighted by Crippen LogP contribution is 2.14. The molecule has 266 valence electrons. The van der Waals surface area contributed by atoms with E-state index in [2.05, 4.69) is 21.3 Å². The van der Waals surface area contributed by atoms with Crippen molar-refractivity contribution in [3.63, 3.8) is 0 Å². The molecule has 0 fully saturated rings. The van der Waals surface area contributed by atoms with Gasteiger partial charge < -0.3 is 53.2 Å². The number of carbonyl (C=O) groups excluding carboxylic acids is 5. The van der Waals surface area contributed by atoms with Crippen molar-refractivity contribution in [3.8, 4) is 11.5 Å². The highest BCUT2D eigenvalue weighted by Gasteiger charge is 2.35. The average molecular weight is 687 g/mol. The zero-order valence-corrected chi connectivity index (χ0v) is 26.9. The number of carboxylic acids is 2. The number of carbonyl (C=O) groups is 7. The third kappa shape index (κ3) is 13.1. The largest absolute Gasteiger partial charge is 0.508 e. The summed E-state index contributed by atoms with van der Waals surface area (Å²) in [5.74, 6) is -8.52. The van der Waals surface area contributed by atoms with Crippen LogP contribution in [-0.2, 0) is 46.4 Å². The van der Waals surface area contributed by atoms with Gasteiger partial charge in [-0.3, -0.25) is 28.8 Å². The molecular formula is C32H42N6O11. The van der Waals surface area contributed by atoms with E-state index < -0.39 is 90.4 Å². The summed E-state index contributed by atoms with van der Waals surface area (Å²) in [6.07, 6.45) is -1.53. The van der Waals surface area contributed by atoms with Crippen LogP contribution in [0.2, 0.25) is 0 Å². The molecule has 0 spiro atoms. The minimum absolute atomic E-state index is 0.00323. The molecule has 5 amide bonds. The summed E-state index contributed by atoms with van der Waals surface area (Å²) in [5, 5.41) is 47.3. The second-order valence-corrected chi connectivity index (χ2v) is 11.5. The molecule has 0 heterocycles. The number of aromatic hydroxyl groups is 2. The normalized spacial score (nSPS) is 14.5. The lowest BCUT2D eigenvalue weighted by molar-refractivity contribution is -0.142.